The number of benzene rings is 1. The van der Waals surface area contributed by atoms with Crippen LogP contribution >= 0.6 is 0 Å². The van der Waals surface area contributed by atoms with E-state index in [9.17, 15) is 0 Å². The normalized spacial score (nSPS) is 15.4. The van der Waals surface area contributed by atoms with Crippen LogP contribution in [0.1, 0.15) is 30.4 Å². The first kappa shape index (κ1) is 10.3. The molecule has 0 bridgehead atoms. The Morgan fingerprint density at radius 3 is 2.80 bits per heavy atom. The fourth-order valence-electron chi connectivity index (χ4n) is 1.95. The second-order valence-corrected chi connectivity index (χ2v) is 4.01. The molecular weight excluding hydrogens is 190 g/mol. The summed E-state index contributed by atoms with van der Waals surface area (Å²) < 4.78 is 11.0. The molecule has 1 aliphatic heterocycles. The Labute approximate surface area is 90.2 Å². The Morgan fingerprint density at radius 2 is 2.07 bits per heavy atom. The van der Waals surface area contributed by atoms with E-state index in [1.165, 1.54) is 5.56 Å². The highest BCUT2D eigenvalue weighted by Gasteiger charge is 2.22. The van der Waals surface area contributed by atoms with Crippen molar-refractivity contribution < 1.29 is 9.47 Å². The second-order valence-electron chi connectivity index (χ2n) is 4.01. The van der Waals surface area contributed by atoms with Crippen LogP contribution in [0.25, 0.3) is 0 Å². The molecule has 1 unspecified atom stereocenters. The molecule has 0 radical (unpaired) electrons. The van der Waals surface area contributed by atoms with E-state index < -0.39 is 0 Å². The Kier molecular flexibility index (Phi) is 2.82. The summed E-state index contributed by atoms with van der Waals surface area (Å²) in [5.74, 6) is 2.23. The lowest BCUT2D eigenvalue weighted by molar-refractivity contribution is 0.172. The van der Waals surface area contributed by atoms with Crippen molar-refractivity contribution in [3.8, 4) is 11.5 Å². The van der Waals surface area contributed by atoms with Crippen LogP contribution in [0.4, 0.5) is 0 Å². The molecule has 3 heteroatoms. The molecule has 82 valence electrons. The molecule has 15 heavy (non-hydrogen) atoms. The lowest BCUT2D eigenvalue weighted by atomic mass is 9.95. The fourth-order valence-corrected chi connectivity index (χ4v) is 1.95. The van der Waals surface area contributed by atoms with Crippen molar-refractivity contribution in [1.29, 1.82) is 0 Å². The first-order valence-electron chi connectivity index (χ1n) is 5.33. The Hall–Kier alpha value is -1.22. The lowest BCUT2D eigenvalue weighted by Gasteiger charge is -2.13. The molecule has 0 aromatic heterocycles. The first-order chi connectivity index (χ1) is 7.24. The molecule has 1 aliphatic rings. The van der Waals surface area contributed by atoms with Gasteiger partial charge in [0.25, 0.3) is 0 Å². The summed E-state index contributed by atoms with van der Waals surface area (Å²) in [5, 5.41) is 0. The predicted molar refractivity (Wildman–Crippen MR) is 59.4 cm³/mol. The van der Waals surface area contributed by atoms with Crippen LogP contribution in [0.15, 0.2) is 12.1 Å². The number of nitrogens with two attached hydrogens (primary N) is 1. The number of hydrogen-bond donors (Lipinski definition) is 1. The van der Waals surface area contributed by atoms with Gasteiger partial charge in [-0.15, -0.1) is 0 Å². The largest absolute Gasteiger partial charge is 0.453 e. The van der Waals surface area contributed by atoms with Crippen molar-refractivity contribution in [2.24, 2.45) is 5.73 Å². The smallest absolute Gasteiger partial charge is 0.231 e. The highest BCUT2D eigenvalue weighted by molar-refractivity contribution is 5.54. The third-order valence-corrected chi connectivity index (χ3v) is 2.88. The zero-order valence-corrected chi connectivity index (χ0v) is 9.25. The zero-order valence-electron chi connectivity index (χ0n) is 9.25. The molecule has 0 saturated heterocycles. The van der Waals surface area contributed by atoms with Crippen LogP contribution in [-0.2, 0) is 0 Å². The summed E-state index contributed by atoms with van der Waals surface area (Å²) in [7, 11) is 0. The SMILES string of the molecule is Cc1ccc(C(C)CCN)c2c1OCO2. The number of hydrogen-bond acceptors (Lipinski definition) is 3. The van der Waals surface area contributed by atoms with Crippen LogP contribution in [0.5, 0.6) is 11.5 Å². The van der Waals surface area contributed by atoms with Crippen molar-refractivity contribution >= 4 is 0 Å². The number of fused-ring (bicyclic) bond motifs is 1. The van der Waals surface area contributed by atoms with E-state index in [0.717, 1.165) is 23.5 Å². The van der Waals surface area contributed by atoms with Gasteiger partial charge in [0, 0.05) is 5.56 Å². The van der Waals surface area contributed by atoms with E-state index in [4.69, 9.17) is 15.2 Å². The van der Waals surface area contributed by atoms with Gasteiger partial charge < -0.3 is 15.2 Å². The van der Waals surface area contributed by atoms with Gasteiger partial charge >= 0.3 is 0 Å². The van der Waals surface area contributed by atoms with Crippen molar-refractivity contribution in [2.75, 3.05) is 13.3 Å². The Balaban J connectivity index is 2.37. The monoisotopic (exact) mass is 207 g/mol. The highest BCUT2D eigenvalue weighted by Crippen LogP contribution is 2.42. The first-order valence-corrected chi connectivity index (χ1v) is 5.33. The van der Waals surface area contributed by atoms with E-state index in [2.05, 4.69) is 19.1 Å². The summed E-state index contributed by atoms with van der Waals surface area (Å²) in [4.78, 5) is 0. The van der Waals surface area contributed by atoms with E-state index in [1.807, 2.05) is 6.92 Å². The average Bonchev–Trinajstić information content (AvgIpc) is 2.68. The van der Waals surface area contributed by atoms with Crippen molar-refractivity contribution in [3.63, 3.8) is 0 Å². The molecule has 1 atom stereocenters. The molecule has 1 aromatic rings. The van der Waals surface area contributed by atoms with Gasteiger partial charge in [0.2, 0.25) is 6.79 Å². The van der Waals surface area contributed by atoms with E-state index >= 15 is 0 Å². The summed E-state index contributed by atoms with van der Waals surface area (Å²) in [5.41, 5.74) is 7.91. The van der Waals surface area contributed by atoms with Gasteiger partial charge in [0.05, 0.1) is 0 Å². The molecular formula is C12H17NO2. The fraction of sp³-hybridized carbons (Fsp3) is 0.500. The van der Waals surface area contributed by atoms with Gasteiger partial charge in [-0.1, -0.05) is 19.1 Å². The standard InChI is InChI=1S/C12H17NO2/c1-8(5-6-13)10-4-3-9(2)11-12(10)15-7-14-11/h3-4,8H,5-7,13H2,1-2H3. The average molecular weight is 207 g/mol. The topological polar surface area (TPSA) is 44.5 Å². The van der Waals surface area contributed by atoms with Crippen LogP contribution in [0, 0.1) is 6.92 Å². The van der Waals surface area contributed by atoms with Crippen molar-refractivity contribution in [2.45, 2.75) is 26.2 Å². The summed E-state index contributed by atoms with van der Waals surface area (Å²) in [6, 6.07) is 4.19. The maximum atomic E-state index is 5.57. The minimum absolute atomic E-state index is 0.336. The van der Waals surface area contributed by atoms with E-state index in [-0.39, 0.29) is 0 Å². The molecule has 0 amide bonds. The van der Waals surface area contributed by atoms with Crippen molar-refractivity contribution in [1.82, 2.24) is 0 Å². The molecule has 1 aromatic carbocycles. The van der Waals surface area contributed by atoms with Crippen LogP contribution < -0.4 is 15.2 Å². The molecule has 1 heterocycles. The molecule has 0 spiro atoms. The molecule has 2 N–H and O–H groups in total. The van der Waals surface area contributed by atoms with Gasteiger partial charge in [0.15, 0.2) is 11.5 Å². The van der Waals surface area contributed by atoms with Gasteiger partial charge in [-0.3, -0.25) is 0 Å². The van der Waals surface area contributed by atoms with Crippen LogP contribution in [-0.4, -0.2) is 13.3 Å². The minimum atomic E-state index is 0.336. The van der Waals surface area contributed by atoms with Gasteiger partial charge in [-0.05, 0) is 31.4 Å². The quantitative estimate of drug-likeness (QED) is 0.826. The third-order valence-electron chi connectivity index (χ3n) is 2.88. The van der Waals surface area contributed by atoms with E-state index in [1.54, 1.807) is 0 Å². The maximum Gasteiger partial charge on any atom is 0.231 e. The zero-order chi connectivity index (χ0) is 10.8. The molecule has 0 saturated carbocycles. The number of ether oxygens (including phenoxy) is 2. The van der Waals surface area contributed by atoms with Gasteiger partial charge in [0.1, 0.15) is 0 Å². The maximum absolute atomic E-state index is 5.57. The summed E-state index contributed by atoms with van der Waals surface area (Å²) in [6.45, 7) is 5.23. The van der Waals surface area contributed by atoms with Crippen LogP contribution in [0.2, 0.25) is 0 Å². The summed E-state index contributed by atoms with van der Waals surface area (Å²) in [6.07, 6.45) is 0.971. The lowest BCUT2D eigenvalue weighted by Crippen LogP contribution is -2.05. The minimum Gasteiger partial charge on any atom is -0.453 e. The predicted octanol–water partition coefficient (Wildman–Crippen LogP) is 2.18. The second kappa shape index (κ2) is 4.11. The summed E-state index contributed by atoms with van der Waals surface area (Å²) >= 11 is 0. The number of rotatable bonds is 3. The third kappa shape index (κ3) is 1.79. The highest BCUT2D eigenvalue weighted by atomic mass is 16.7. The molecule has 0 fully saturated rings. The van der Waals surface area contributed by atoms with Crippen LogP contribution in [0.3, 0.4) is 0 Å². The molecule has 0 aliphatic carbocycles. The van der Waals surface area contributed by atoms with Gasteiger partial charge in [-0.2, -0.15) is 0 Å². The Bertz CT molecular complexity index is 363. The number of aryl methyl sites for hydroxylation is 1. The Morgan fingerprint density at radius 1 is 1.33 bits per heavy atom. The molecule has 2 rings (SSSR count). The molecule has 3 nitrogen and oxygen atoms in total. The van der Waals surface area contributed by atoms with Gasteiger partial charge in [-0.25, -0.2) is 0 Å². The van der Waals surface area contributed by atoms with Crippen molar-refractivity contribution in [3.05, 3.63) is 23.3 Å². The van der Waals surface area contributed by atoms with E-state index in [0.29, 0.717) is 19.3 Å².